The third kappa shape index (κ3) is 3.55. The zero-order valence-corrected chi connectivity index (χ0v) is 16.4. The third-order valence-electron chi connectivity index (χ3n) is 5.18. The zero-order valence-electron chi connectivity index (χ0n) is 16.4. The molecule has 0 unspecified atom stereocenters. The van der Waals surface area contributed by atoms with Crippen molar-refractivity contribution < 1.29 is 4.79 Å². The number of aliphatic imine (C=N–C) groups is 1. The molecular weight excluding hydrogens is 318 g/mol. The lowest BCUT2D eigenvalue weighted by molar-refractivity contribution is 0.101. The fourth-order valence-electron chi connectivity index (χ4n) is 3.62. The van der Waals surface area contributed by atoms with Crippen LogP contribution in [-0.4, -0.2) is 11.5 Å². The van der Waals surface area contributed by atoms with Crippen LogP contribution in [0.2, 0.25) is 0 Å². The van der Waals surface area contributed by atoms with E-state index in [1.165, 1.54) is 46.4 Å². The van der Waals surface area contributed by atoms with Gasteiger partial charge < -0.3 is 0 Å². The molecule has 0 atom stereocenters. The molecule has 2 aromatic carbocycles. The summed E-state index contributed by atoms with van der Waals surface area (Å²) in [6.07, 6.45) is 6.30. The topological polar surface area (TPSA) is 29.4 Å². The summed E-state index contributed by atoms with van der Waals surface area (Å²) in [6, 6.07) is 10.6. The fraction of sp³-hybridized carbons (Fsp3) is 0.333. The Morgan fingerprint density at radius 3 is 2.38 bits per heavy atom. The summed E-state index contributed by atoms with van der Waals surface area (Å²) in [5, 5.41) is 0. The summed E-state index contributed by atoms with van der Waals surface area (Å²) in [6.45, 7) is 9.95. The first kappa shape index (κ1) is 18.3. The monoisotopic (exact) mass is 345 g/mol. The molecule has 0 N–H and O–H groups in total. The number of hydrogen-bond acceptors (Lipinski definition) is 2. The second-order valence-electron chi connectivity index (χ2n) is 7.29. The number of carbonyl (C=O) groups is 1. The van der Waals surface area contributed by atoms with Crippen molar-refractivity contribution in [2.45, 2.75) is 47.5 Å². The Balaban J connectivity index is 2.18. The number of nitrogens with zero attached hydrogens (tertiary/aromatic N) is 1. The summed E-state index contributed by atoms with van der Waals surface area (Å²) >= 11 is 0. The maximum absolute atomic E-state index is 12.0. The number of rotatable bonds is 5. The quantitative estimate of drug-likeness (QED) is 0.467. The maximum atomic E-state index is 12.0. The summed E-state index contributed by atoms with van der Waals surface area (Å²) in [5.74, 6) is 0.693. The highest BCUT2D eigenvalue weighted by Gasteiger charge is 2.28. The van der Waals surface area contributed by atoms with Gasteiger partial charge in [-0.05, 0) is 86.9 Å². The van der Waals surface area contributed by atoms with Gasteiger partial charge in [0.05, 0.1) is 5.71 Å². The number of carbonyl (C=O) groups excluding carboxylic acids is 1. The maximum Gasteiger partial charge on any atom is 0.160 e. The van der Waals surface area contributed by atoms with Crippen LogP contribution in [0.1, 0.15) is 59.3 Å². The highest BCUT2D eigenvalue weighted by molar-refractivity contribution is 6.05. The van der Waals surface area contributed by atoms with Crippen LogP contribution in [0, 0.1) is 26.7 Å². The molecule has 0 aliphatic heterocycles. The Morgan fingerprint density at radius 2 is 1.77 bits per heavy atom. The van der Waals surface area contributed by atoms with Gasteiger partial charge in [-0.25, -0.2) is 0 Å². The van der Waals surface area contributed by atoms with Crippen LogP contribution in [-0.2, 0) is 0 Å². The van der Waals surface area contributed by atoms with E-state index < -0.39 is 0 Å². The minimum absolute atomic E-state index is 0.117. The van der Waals surface area contributed by atoms with Crippen molar-refractivity contribution in [3.05, 3.63) is 70.4 Å². The van der Waals surface area contributed by atoms with Gasteiger partial charge in [-0.2, -0.15) is 0 Å². The Kier molecular flexibility index (Phi) is 5.22. The van der Waals surface area contributed by atoms with E-state index in [0.29, 0.717) is 5.92 Å². The predicted octanol–water partition coefficient (Wildman–Crippen LogP) is 6.21. The van der Waals surface area contributed by atoms with Crippen molar-refractivity contribution in [2.24, 2.45) is 10.9 Å². The average molecular weight is 345 g/mol. The molecule has 0 saturated heterocycles. The fourth-order valence-corrected chi connectivity index (χ4v) is 3.62. The van der Waals surface area contributed by atoms with Gasteiger partial charge >= 0.3 is 0 Å². The number of hydrogen-bond donors (Lipinski definition) is 0. The molecule has 2 nitrogen and oxygen atoms in total. The third-order valence-corrected chi connectivity index (χ3v) is 5.18. The number of aryl methyl sites for hydroxylation is 2. The van der Waals surface area contributed by atoms with Gasteiger partial charge in [0.2, 0.25) is 0 Å². The van der Waals surface area contributed by atoms with Gasteiger partial charge in [0, 0.05) is 17.7 Å². The van der Waals surface area contributed by atoms with Crippen LogP contribution in [0.15, 0.2) is 47.6 Å². The number of allylic oxidation sites excluding steroid dienone is 1. The normalized spacial score (nSPS) is 14.9. The number of ketones is 1. The van der Waals surface area contributed by atoms with Crippen LogP contribution < -0.4 is 0 Å². The van der Waals surface area contributed by atoms with Crippen molar-refractivity contribution in [1.29, 1.82) is 0 Å². The second-order valence-corrected chi connectivity index (χ2v) is 7.29. The molecule has 1 aliphatic carbocycles. The molecular formula is C24H27NO. The lowest BCUT2D eigenvalue weighted by Crippen LogP contribution is -2.05. The van der Waals surface area contributed by atoms with Crippen molar-refractivity contribution in [1.82, 2.24) is 0 Å². The highest BCUT2D eigenvalue weighted by atomic mass is 16.1. The van der Waals surface area contributed by atoms with Crippen molar-refractivity contribution in [3.63, 3.8) is 0 Å². The molecule has 0 bridgehead atoms. The standard InChI is InChI=1S/C24H27NO/c1-6-13-25-24(19-10-11-19)20-9-7-15(2)22(14-20)23-16(3)8-12-21(17(23)4)18(5)26/h6-9,12-14,19H,10-11H2,1-5H3/b13-6-,25-24?. The summed E-state index contributed by atoms with van der Waals surface area (Å²) in [4.78, 5) is 16.7. The number of Topliss-reactive ketones (excluding diaryl/α,β-unsaturated/α-hetero) is 1. The largest absolute Gasteiger partial charge is 0.295 e. The first-order valence-electron chi connectivity index (χ1n) is 9.35. The molecule has 0 radical (unpaired) electrons. The smallest absolute Gasteiger partial charge is 0.160 e. The minimum atomic E-state index is 0.117. The van der Waals surface area contributed by atoms with Crippen LogP contribution in [0.5, 0.6) is 0 Å². The van der Waals surface area contributed by atoms with E-state index in [9.17, 15) is 4.79 Å². The van der Waals surface area contributed by atoms with Gasteiger partial charge in [0.1, 0.15) is 0 Å². The Hall–Kier alpha value is -2.48. The number of benzene rings is 2. The van der Waals surface area contributed by atoms with Crippen LogP contribution >= 0.6 is 0 Å². The molecule has 1 aliphatic rings. The van der Waals surface area contributed by atoms with Gasteiger partial charge in [-0.15, -0.1) is 0 Å². The lowest BCUT2D eigenvalue weighted by atomic mass is 9.87. The van der Waals surface area contributed by atoms with E-state index in [1.54, 1.807) is 6.92 Å². The zero-order chi connectivity index (χ0) is 18.8. The van der Waals surface area contributed by atoms with Gasteiger partial charge in [-0.3, -0.25) is 9.79 Å². The SMILES string of the molecule is C/C=C\N=C(c1ccc(C)c(-c2c(C)ccc(C(C)=O)c2C)c1)C1CC1. The van der Waals surface area contributed by atoms with E-state index in [0.717, 1.165) is 11.1 Å². The van der Waals surface area contributed by atoms with Gasteiger partial charge in [0.25, 0.3) is 0 Å². The van der Waals surface area contributed by atoms with E-state index in [2.05, 4.69) is 45.0 Å². The van der Waals surface area contributed by atoms with E-state index in [1.807, 2.05) is 25.3 Å². The van der Waals surface area contributed by atoms with Crippen molar-refractivity contribution in [3.8, 4) is 11.1 Å². The van der Waals surface area contributed by atoms with Crippen molar-refractivity contribution in [2.75, 3.05) is 0 Å². The molecule has 0 spiro atoms. The molecule has 134 valence electrons. The highest BCUT2D eigenvalue weighted by Crippen LogP contribution is 2.37. The molecule has 0 amide bonds. The summed E-state index contributed by atoms with van der Waals surface area (Å²) < 4.78 is 0. The summed E-state index contributed by atoms with van der Waals surface area (Å²) in [7, 11) is 0. The molecule has 2 aromatic rings. The molecule has 0 heterocycles. The molecule has 1 saturated carbocycles. The Labute approximate surface area is 156 Å². The average Bonchev–Trinajstić information content (AvgIpc) is 3.42. The second kappa shape index (κ2) is 7.41. The van der Waals surface area contributed by atoms with Gasteiger partial charge in [0.15, 0.2) is 5.78 Å². The van der Waals surface area contributed by atoms with E-state index >= 15 is 0 Å². The van der Waals surface area contributed by atoms with E-state index in [4.69, 9.17) is 4.99 Å². The molecule has 3 rings (SSSR count). The summed E-state index contributed by atoms with van der Waals surface area (Å²) in [5.41, 5.74) is 9.05. The first-order valence-corrected chi connectivity index (χ1v) is 9.35. The predicted molar refractivity (Wildman–Crippen MR) is 110 cm³/mol. The van der Waals surface area contributed by atoms with Gasteiger partial charge in [-0.1, -0.05) is 30.3 Å². The van der Waals surface area contributed by atoms with Crippen LogP contribution in [0.3, 0.4) is 0 Å². The minimum Gasteiger partial charge on any atom is -0.295 e. The first-order chi connectivity index (χ1) is 12.4. The van der Waals surface area contributed by atoms with Crippen molar-refractivity contribution >= 4 is 11.5 Å². The Morgan fingerprint density at radius 1 is 1.08 bits per heavy atom. The van der Waals surface area contributed by atoms with Crippen LogP contribution in [0.4, 0.5) is 0 Å². The van der Waals surface area contributed by atoms with E-state index in [-0.39, 0.29) is 5.78 Å². The molecule has 0 aromatic heterocycles. The molecule has 2 heteroatoms. The van der Waals surface area contributed by atoms with Crippen LogP contribution in [0.25, 0.3) is 11.1 Å². The lowest BCUT2D eigenvalue weighted by Gasteiger charge is -2.17. The molecule has 26 heavy (non-hydrogen) atoms. The molecule has 1 fully saturated rings. The Bertz CT molecular complexity index is 914.